The molecule has 3 heterocycles. The van der Waals surface area contributed by atoms with E-state index in [1.54, 1.807) is 32.3 Å². The first kappa shape index (κ1) is 22.8. The molecule has 3 aromatic carbocycles. The summed E-state index contributed by atoms with van der Waals surface area (Å²) in [5.41, 5.74) is 2.43. The Morgan fingerprint density at radius 2 is 1.59 bits per heavy atom. The van der Waals surface area contributed by atoms with Crippen LogP contribution in [0.2, 0.25) is 0 Å². The van der Waals surface area contributed by atoms with E-state index in [0.29, 0.717) is 22.2 Å². The molecule has 186 valence electrons. The Morgan fingerprint density at radius 1 is 0.892 bits per heavy atom. The zero-order valence-electron chi connectivity index (χ0n) is 19.5. The maximum absolute atomic E-state index is 13.7. The van der Waals surface area contributed by atoms with E-state index >= 15 is 0 Å². The number of ketones is 1. The smallest absolute Gasteiger partial charge is 0.328 e. The van der Waals surface area contributed by atoms with Crippen molar-refractivity contribution in [1.29, 1.82) is 0 Å². The van der Waals surface area contributed by atoms with Crippen molar-refractivity contribution in [3.8, 4) is 11.5 Å². The number of halogens is 3. The predicted octanol–water partition coefficient (Wildman–Crippen LogP) is 4.35. The molecule has 1 atom stereocenters. The monoisotopic (exact) mass is 506 g/mol. The first-order valence-electron chi connectivity index (χ1n) is 11.3. The SMILES string of the molecule is Cn1c(=O)n(C)c2cc(C3CC(=O)Oc4ccc5c(c43)O/C(=C/c3cc(F)c(F)c(F)c3)C5=O)ccc21. The van der Waals surface area contributed by atoms with Gasteiger partial charge in [-0.15, -0.1) is 0 Å². The molecule has 2 aliphatic rings. The minimum Gasteiger partial charge on any atom is -0.452 e. The molecule has 0 radical (unpaired) electrons. The molecule has 0 amide bonds. The standard InChI is InChI=1S/C27H17F3N2O5/c1-31-18-5-3-13(10-19(18)32(2)27(31)35)15-11-22(33)36-20-6-4-14-25(34)21(37-26(14)23(15)20)9-12-7-16(28)24(30)17(29)8-12/h3-10,15H,11H2,1-2H3/b21-9+. The maximum Gasteiger partial charge on any atom is 0.328 e. The van der Waals surface area contributed by atoms with Crippen molar-refractivity contribution in [1.82, 2.24) is 9.13 Å². The number of rotatable bonds is 2. The first-order chi connectivity index (χ1) is 17.6. The van der Waals surface area contributed by atoms with Crippen LogP contribution < -0.4 is 15.2 Å². The predicted molar refractivity (Wildman–Crippen MR) is 126 cm³/mol. The summed E-state index contributed by atoms with van der Waals surface area (Å²) in [4.78, 5) is 37.9. The topological polar surface area (TPSA) is 79.5 Å². The van der Waals surface area contributed by atoms with Gasteiger partial charge in [-0.25, -0.2) is 18.0 Å². The molecule has 0 fully saturated rings. The normalized spacial score (nSPS) is 17.6. The van der Waals surface area contributed by atoms with Crippen LogP contribution in [0, 0.1) is 17.5 Å². The lowest BCUT2D eigenvalue weighted by Crippen LogP contribution is -2.21. The Balaban J connectivity index is 1.48. The number of hydrogen-bond donors (Lipinski definition) is 0. The van der Waals surface area contributed by atoms with Crippen LogP contribution in [0.1, 0.15) is 39.4 Å². The van der Waals surface area contributed by atoms with Crippen molar-refractivity contribution in [3.63, 3.8) is 0 Å². The Labute approximate surface area is 207 Å². The first-order valence-corrected chi connectivity index (χ1v) is 11.3. The van der Waals surface area contributed by atoms with E-state index in [0.717, 1.165) is 18.2 Å². The third-order valence-electron chi connectivity index (χ3n) is 6.78. The van der Waals surface area contributed by atoms with Crippen molar-refractivity contribution in [3.05, 3.63) is 98.4 Å². The van der Waals surface area contributed by atoms with Crippen molar-refractivity contribution >= 4 is 28.9 Å². The molecule has 7 nitrogen and oxygen atoms in total. The molecular weight excluding hydrogens is 489 g/mol. The van der Waals surface area contributed by atoms with E-state index in [4.69, 9.17) is 9.47 Å². The molecule has 1 unspecified atom stereocenters. The highest BCUT2D eigenvalue weighted by atomic mass is 19.2. The third kappa shape index (κ3) is 3.40. The fourth-order valence-electron chi connectivity index (χ4n) is 4.94. The summed E-state index contributed by atoms with van der Waals surface area (Å²) in [6.07, 6.45) is 1.08. The van der Waals surface area contributed by atoms with Crippen LogP contribution in [0.15, 0.2) is 53.0 Å². The number of aromatic nitrogens is 2. The second-order valence-corrected chi connectivity index (χ2v) is 8.97. The second kappa shape index (κ2) is 7.95. The van der Waals surface area contributed by atoms with Gasteiger partial charge in [-0.1, -0.05) is 6.07 Å². The van der Waals surface area contributed by atoms with E-state index in [2.05, 4.69) is 0 Å². The number of nitrogens with zero attached hydrogens (tertiary/aromatic N) is 2. The van der Waals surface area contributed by atoms with E-state index in [9.17, 15) is 27.6 Å². The number of Topliss-reactive ketones (excluding diaryl/α,β-unsaturated/α-hetero) is 1. The lowest BCUT2D eigenvalue weighted by atomic mass is 9.84. The van der Waals surface area contributed by atoms with Crippen LogP contribution >= 0.6 is 0 Å². The van der Waals surface area contributed by atoms with E-state index in [-0.39, 0.29) is 40.5 Å². The number of ether oxygens (including phenoxy) is 2. The minimum absolute atomic E-state index is 0.0409. The van der Waals surface area contributed by atoms with Crippen LogP contribution in [0.5, 0.6) is 11.5 Å². The third-order valence-corrected chi connectivity index (χ3v) is 6.78. The fourth-order valence-corrected chi connectivity index (χ4v) is 4.94. The zero-order chi connectivity index (χ0) is 26.2. The average Bonchev–Trinajstić information content (AvgIpc) is 3.30. The molecule has 2 aliphatic heterocycles. The lowest BCUT2D eigenvalue weighted by Gasteiger charge is -2.26. The van der Waals surface area contributed by atoms with Gasteiger partial charge in [0.15, 0.2) is 23.2 Å². The van der Waals surface area contributed by atoms with Crippen molar-refractivity contribution in [2.45, 2.75) is 12.3 Å². The summed E-state index contributed by atoms with van der Waals surface area (Å²) >= 11 is 0. The van der Waals surface area contributed by atoms with Gasteiger partial charge in [0.1, 0.15) is 11.5 Å². The van der Waals surface area contributed by atoms with Crippen LogP contribution in [-0.2, 0) is 18.9 Å². The highest BCUT2D eigenvalue weighted by molar-refractivity contribution is 6.15. The molecule has 6 rings (SSSR count). The zero-order valence-corrected chi connectivity index (χ0v) is 19.5. The summed E-state index contributed by atoms with van der Waals surface area (Å²) in [5.74, 6) is -5.82. The van der Waals surface area contributed by atoms with Crippen LogP contribution in [0.25, 0.3) is 17.1 Å². The van der Waals surface area contributed by atoms with E-state index in [1.807, 2.05) is 0 Å². The molecule has 0 saturated heterocycles. The molecule has 1 aromatic heterocycles. The highest BCUT2D eigenvalue weighted by Crippen LogP contribution is 2.49. The van der Waals surface area contributed by atoms with Crippen molar-refractivity contribution in [2.75, 3.05) is 0 Å². The van der Waals surface area contributed by atoms with Gasteiger partial charge in [0.25, 0.3) is 0 Å². The van der Waals surface area contributed by atoms with E-state index in [1.165, 1.54) is 21.3 Å². The van der Waals surface area contributed by atoms with Crippen LogP contribution in [-0.4, -0.2) is 20.9 Å². The number of carbonyl (C=O) groups excluding carboxylic acids is 2. The Hall–Kier alpha value is -4.60. The number of allylic oxidation sites excluding steroid dienone is 1. The van der Waals surface area contributed by atoms with Gasteiger partial charge in [-0.05, 0) is 53.6 Å². The fraction of sp³-hybridized carbons (Fsp3) is 0.148. The molecule has 0 bridgehead atoms. The summed E-state index contributed by atoms with van der Waals surface area (Å²) in [6, 6.07) is 9.84. The van der Waals surface area contributed by atoms with Gasteiger partial charge in [0.05, 0.1) is 23.0 Å². The van der Waals surface area contributed by atoms with Crippen molar-refractivity contribution < 1.29 is 32.2 Å². The number of imidazole rings is 1. The Bertz CT molecular complexity index is 1760. The number of benzene rings is 3. The highest BCUT2D eigenvalue weighted by Gasteiger charge is 2.38. The van der Waals surface area contributed by atoms with Gasteiger partial charge in [0.2, 0.25) is 5.78 Å². The number of esters is 1. The minimum atomic E-state index is -1.62. The maximum atomic E-state index is 13.7. The molecule has 37 heavy (non-hydrogen) atoms. The van der Waals surface area contributed by atoms with Gasteiger partial charge in [-0.2, -0.15) is 0 Å². The van der Waals surface area contributed by atoms with Crippen LogP contribution in [0.4, 0.5) is 13.2 Å². The number of aryl methyl sites for hydroxylation is 2. The summed E-state index contributed by atoms with van der Waals surface area (Å²) < 4.78 is 55.1. The lowest BCUT2D eigenvalue weighted by molar-refractivity contribution is -0.135. The summed E-state index contributed by atoms with van der Waals surface area (Å²) in [5, 5.41) is 0. The van der Waals surface area contributed by atoms with Gasteiger partial charge in [-0.3, -0.25) is 18.7 Å². The number of fused-ring (bicyclic) bond motifs is 4. The molecule has 10 heteroatoms. The van der Waals surface area contributed by atoms with Gasteiger partial charge < -0.3 is 9.47 Å². The number of carbonyl (C=O) groups is 2. The largest absolute Gasteiger partial charge is 0.452 e. The van der Waals surface area contributed by atoms with E-state index < -0.39 is 35.1 Å². The number of hydrogen-bond acceptors (Lipinski definition) is 5. The van der Waals surface area contributed by atoms with Crippen LogP contribution in [0.3, 0.4) is 0 Å². The molecule has 0 N–H and O–H groups in total. The Morgan fingerprint density at radius 3 is 2.32 bits per heavy atom. The molecule has 0 saturated carbocycles. The average molecular weight is 506 g/mol. The Kier molecular flexibility index (Phi) is 4.91. The molecular formula is C27H17F3N2O5. The second-order valence-electron chi connectivity index (χ2n) is 8.97. The van der Waals surface area contributed by atoms with Gasteiger partial charge >= 0.3 is 11.7 Å². The molecule has 4 aromatic rings. The summed E-state index contributed by atoms with van der Waals surface area (Å²) in [7, 11) is 3.31. The van der Waals surface area contributed by atoms with Crippen molar-refractivity contribution in [2.24, 2.45) is 14.1 Å². The van der Waals surface area contributed by atoms with Gasteiger partial charge in [0, 0.05) is 25.6 Å². The molecule has 0 spiro atoms. The summed E-state index contributed by atoms with van der Waals surface area (Å²) in [6.45, 7) is 0. The molecule has 0 aliphatic carbocycles. The quantitative estimate of drug-likeness (QED) is 0.175.